The topological polar surface area (TPSA) is 58.4 Å². The molecule has 2 aromatic heterocycles. The summed E-state index contributed by atoms with van der Waals surface area (Å²) in [6.07, 6.45) is 4.92. The molecule has 4 rings (SSSR count). The smallest absolute Gasteiger partial charge is 0.289 e. The van der Waals surface area contributed by atoms with Crippen molar-refractivity contribution in [1.82, 2.24) is 19.4 Å². The van der Waals surface area contributed by atoms with Gasteiger partial charge in [-0.25, -0.2) is 4.98 Å². The number of aryl methyl sites for hydroxylation is 1. The Bertz CT molecular complexity index is 1040. The lowest BCUT2D eigenvalue weighted by Crippen LogP contribution is -2.38. The Morgan fingerprint density at radius 3 is 2.81 bits per heavy atom. The first kappa shape index (κ1) is 21.3. The fourth-order valence-corrected chi connectivity index (χ4v) is 4.89. The predicted octanol–water partition coefficient (Wildman–Crippen LogP) is 3.70. The van der Waals surface area contributed by atoms with Crippen LogP contribution in [0.15, 0.2) is 54.2 Å². The zero-order valence-corrected chi connectivity index (χ0v) is 18.8. The number of carbonyl (C=O) groups is 2. The van der Waals surface area contributed by atoms with Crippen LogP contribution in [-0.2, 0) is 18.3 Å². The van der Waals surface area contributed by atoms with Gasteiger partial charge in [-0.15, -0.1) is 11.3 Å². The zero-order chi connectivity index (χ0) is 21.8. The molecule has 7 heteroatoms. The molecule has 1 saturated heterocycles. The molecule has 0 N–H and O–H groups in total. The molecule has 1 aliphatic rings. The van der Waals surface area contributed by atoms with E-state index >= 15 is 0 Å². The number of benzene rings is 1. The molecule has 3 heterocycles. The molecule has 1 atom stereocenters. The average molecular weight is 437 g/mol. The first-order valence-corrected chi connectivity index (χ1v) is 11.6. The summed E-state index contributed by atoms with van der Waals surface area (Å²) >= 11 is 1.71. The number of aromatic nitrogens is 2. The highest BCUT2D eigenvalue weighted by Gasteiger charge is 2.33. The largest absolute Gasteiger partial charge is 0.341 e. The molecule has 6 nitrogen and oxygen atoms in total. The number of imidazole rings is 1. The van der Waals surface area contributed by atoms with E-state index in [2.05, 4.69) is 41.6 Å². The van der Waals surface area contributed by atoms with Crippen molar-refractivity contribution in [1.29, 1.82) is 0 Å². The number of amides is 2. The van der Waals surface area contributed by atoms with Gasteiger partial charge in [0, 0.05) is 50.5 Å². The molecule has 1 unspecified atom stereocenters. The molecule has 0 aliphatic carbocycles. The van der Waals surface area contributed by atoms with Gasteiger partial charge in [0.15, 0.2) is 5.82 Å². The number of rotatable bonds is 6. The van der Waals surface area contributed by atoms with Crippen molar-refractivity contribution in [2.45, 2.75) is 19.8 Å². The molecule has 0 saturated carbocycles. The van der Waals surface area contributed by atoms with E-state index in [9.17, 15) is 9.59 Å². The summed E-state index contributed by atoms with van der Waals surface area (Å²) in [6.45, 7) is 4.30. The van der Waals surface area contributed by atoms with Gasteiger partial charge in [0.25, 0.3) is 5.91 Å². The minimum atomic E-state index is -0.267. The van der Waals surface area contributed by atoms with Crippen molar-refractivity contribution < 1.29 is 9.59 Å². The summed E-state index contributed by atoms with van der Waals surface area (Å²) in [7, 11) is 1.82. The second-order valence-electron chi connectivity index (χ2n) is 8.02. The highest BCUT2D eigenvalue weighted by atomic mass is 32.1. The maximum atomic E-state index is 13.3. The van der Waals surface area contributed by atoms with Crippen LogP contribution >= 0.6 is 11.3 Å². The van der Waals surface area contributed by atoms with E-state index < -0.39 is 0 Å². The molecule has 2 amide bonds. The summed E-state index contributed by atoms with van der Waals surface area (Å²) < 4.78 is 1.73. The van der Waals surface area contributed by atoms with E-state index in [1.165, 1.54) is 10.4 Å². The standard InChI is InChI=1S/C24H28N4O2S/c1-3-10-27-12-13-28(24(30)22-25-9-11-26(22)2)17-20(23(27)29)16-18-6-4-7-19(15-18)21-8-5-14-31-21/h4-9,11,14-15,20H,3,10,12-13,16-17H2,1-2H3. The van der Waals surface area contributed by atoms with E-state index in [1.807, 2.05) is 24.1 Å². The van der Waals surface area contributed by atoms with E-state index in [0.717, 1.165) is 18.5 Å². The first-order chi connectivity index (χ1) is 15.1. The van der Waals surface area contributed by atoms with E-state index in [0.29, 0.717) is 31.9 Å². The molecule has 3 aromatic rings. The molecule has 0 radical (unpaired) electrons. The molecule has 0 bridgehead atoms. The minimum absolute atomic E-state index is 0.115. The Kier molecular flexibility index (Phi) is 6.51. The monoisotopic (exact) mass is 436 g/mol. The maximum Gasteiger partial charge on any atom is 0.289 e. The summed E-state index contributed by atoms with van der Waals surface area (Å²) in [4.78, 5) is 35.6. The summed E-state index contributed by atoms with van der Waals surface area (Å²) in [6, 6.07) is 12.5. The SMILES string of the molecule is CCCN1CCN(C(=O)c2nccn2C)CC(Cc2cccc(-c3cccs3)c2)C1=O. The lowest BCUT2D eigenvalue weighted by Gasteiger charge is -2.24. The van der Waals surface area contributed by atoms with Gasteiger partial charge in [0.1, 0.15) is 0 Å². The Labute approximate surface area is 187 Å². The Morgan fingerprint density at radius 1 is 1.23 bits per heavy atom. The number of nitrogens with zero attached hydrogens (tertiary/aromatic N) is 4. The van der Waals surface area contributed by atoms with E-state index in [-0.39, 0.29) is 17.7 Å². The molecule has 31 heavy (non-hydrogen) atoms. The maximum absolute atomic E-state index is 13.3. The normalized spacial score (nSPS) is 17.1. The van der Waals surface area contributed by atoms with Crippen LogP contribution in [0.3, 0.4) is 0 Å². The van der Waals surface area contributed by atoms with Crippen LogP contribution in [-0.4, -0.2) is 57.3 Å². The highest BCUT2D eigenvalue weighted by Crippen LogP contribution is 2.27. The third kappa shape index (κ3) is 4.71. The van der Waals surface area contributed by atoms with Gasteiger partial charge in [-0.1, -0.05) is 37.3 Å². The van der Waals surface area contributed by atoms with Crippen LogP contribution in [0.1, 0.15) is 29.5 Å². The third-order valence-electron chi connectivity index (χ3n) is 5.75. The number of hydrogen-bond donors (Lipinski definition) is 0. The molecule has 1 aromatic carbocycles. The minimum Gasteiger partial charge on any atom is -0.341 e. The van der Waals surface area contributed by atoms with Crippen LogP contribution in [0.25, 0.3) is 10.4 Å². The lowest BCUT2D eigenvalue weighted by atomic mass is 9.96. The third-order valence-corrected chi connectivity index (χ3v) is 6.67. The van der Waals surface area contributed by atoms with Gasteiger partial charge in [-0.2, -0.15) is 0 Å². The van der Waals surface area contributed by atoms with Gasteiger partial charge >= 0.3 is 0 Å². The summed E-state index contributed by atoms with van der Waals surface area (Å²) in [5.74, 6) is 0.168. The highest BCUT2D eigenvalue weighted by molar-refractivity contribution is 7.13. The van der Waals surface area contributed by atoms with Crippen molar-refractivity contribution in [2.24, 2.45) is 13.0 Å². The molecule has 162 valence electrons. The Morgan fingerprint density at radius 2 is 2.10 bits per heavy atom. The van der Waals surface area contributed by atoms with Crippen LogP contribution in [0.5, 0.6) is 0 Å². The molecular formula is C24H28N4O2S. The van der Waals surface area contributed by atoms with Crippen LogP contribution < -0.4 is 0 Å². The van der Waals surface area contributed by atoms with Gasteiger partial charge in [-0.3, -0.25) is 9.59 Å². The van der Waals surface area contributed by atoms with Gasteiger partial charge in [-0.05, 0) is 35.4 Å². The number of hydrogen-bond acceptors (Lipinski definition) is 4. The fraction of sp³-hybridized carbons (Fsp3) is 0.375. The first-order valence-electron chi connectivity index (χ1n) is 10.7. The van der Waals surface area contributed by atoms with Crippen LogP contribution in [0.2, 0.25) is 0 Å². The molecule has 1 aliphatic heterocycles. The van der Waals surface area contributed by atoms with Crippen molar-refractivity contribution in [3.63, 3.8) is 0 Å². The molecular weight excluding hydrogens is 408 g/mol. The van der Waals surface area contributed by atoms with Gasteiger partial charge < -0.3 is 14.4 Å². The summed E-state index contributed by atoms with van der Waals surface area (Å²) in [5, 5.41) is 2.07. The Hall–Kier alpha value is -2.93. The van der Waals surface area contributed by atoms with Crippen LogP contribution in [0, 0.1) is 5.92 Å². The summed E-state index contributed by atoms with van der Waals surface area (Å²) in [5.41, 5.74) is 2.28. The Balaban J connectivity index is 1.58. The second-order valence-corrected chi connectivity index (χ2v) is 8.96. The van der Waals surface area contributed by atoms with Crippen molar-refractivity contribution >= 4 is 23.2 Å². The van der Waals surface area contributed by atoms with Crippen molar-refractivity contribution in [3.05, 3.63) is 65.6 Å². The zero-order valence-electron chi connectivity index (χ0n) is 18.0. The van der Waals surface area contributed by atoms with E-state index in [1.54, 1.807) is 33.2 Å². The van der Waals surface area contributed by atoms with E-state index in [4.69, 9.17) is 0 Å². The van der Waals surface area contributed by atoms with Gasteiger partial charge in [0.2, 0.25) is 5.91 Å². The van der Waals surface area contributed by atoms with Crippen LogP contribution in [0.4, 0.5) is 0 Å². The van der Waals surface area contributed by atoms with Crippen molar-refractivity contribution in [2.75, 3.05) is 26.2 Å². The second kappa shape index (κ2) is 9.47. The molecule has 1 fully saturated rings. The molecule has 0 spiro atoms. The van der Waals surface area contributed by atoms with Crippen molar-refractivity contribution in [3.8, 4) is 10.4 Å². The number of thiophene rings is 1. The quantitative estimate of drug-likeness (QED) is 0.592. The van der Waals surface area contributed by atoms with Gasteiger partial charge in [0.05, 0.1) is 5.92 Å². The number of carbonyl (C=O) groups excluding carboxylic acids is 2. The lowest BCUT2D eigenvalue weighted by molar-refractivity contribution is -0.134. The fourth-order valence-electron chi connectivity index (χ4n) is 4.17. The average Bonchev–Trinajstić information content (AvgIpc) is 3.43. The predicted molar refractivity (Wildman–Crippen MR) is 123 cm³/mol.